The smallest absolute Gasteiger partial charge is 0.336 e. The van der Waals surface area contributed by atoms with Gasteiger partial charge in [0.15, 0.2) is 0 Å². The molecule has 7 heteroatoms. The monoisotopic (exact) mass is 317 g/mol. The van der Waals surface area contributed by atoms with Crippen LogP contribution in [-0.2, 0) is 0 Å². The van der Waals surface area contributed by atoms with Gasteiger partial charge in [0.2, 0.25) is 0 Å². The number of carboxylic acids is 1. The van der Waals surface area contributed by atoms with E-state index in [4.69, 9.17) is 39.9 Å². The Hall–Kier alpha value is -1.49. The Morgan fingerprint density at radius 1 is 1.11 bits per heavy atom. The molecule has 0 saturated carbocycles. The molecule has 0 spiro atoms. The zero-order chi connectivity index (χ0) is 14.2. The van der Waals surface area contributed by atoms with Crippen molar-refractivity contribution >= 4 is 40.8 Å². The Balaban J connectivity index is 2.83. The largest absolute Gasteiger partial charge is 0.478 e. The summed E-state index contributed by atoms with van der Waals surface area (Å²) in [6.07, 6.45) is 1.25. The highest BCUT2D eigenvalue weighted by Gasteiger charge is 2.18. The molecule has 0 aliphatic heterocycles. The van der Waals surface area contributed by atoms with Crippen LogP contribution in [-0.4, -0.2) is 16.1 Å². The number of H-pyrrole nitrogens is 1. The molecule has 19 heavy (non-hydrogen) atoms. The van der Waals surface area contributed by atoms with Gasteiger partial charge >= 0.3 is 5.97 Å². The topological polar surface area (TPSA) is 70.2 Å². The van der Waals surface area contributed by atoms with Crippen molar-refractivity contribution in [2.24, 2.45) is 0 Å². The summed E-state index contributed by atoms with van der Waals surface area (Å²) in [5, 5.41) is 9.66. The summed E-state index contributed by atoms with van der Waals surface area (Å²) in [4.78, 5) is 25.4. The molecule has 2 N–H and O–H groups in total. The Morgan fingerprint density at radius 3 is 2.37 bits per heavy atom. The van der Waals surface area contributed by atoms with Crippen LogP contribution in [0.1, 0.15) is 10.4 Å². The lowest BCUT2D eigenvalue weighted by atomic mass is 10.0. The third-order valence-corrected chi connectivity index (χ3v) is 3.51. The second kappa shape index (κ2) is 5.25. The standard InChI is InChI=1S/C12H6Cl3NO3/c13-7-4-9(15)8(14)3-6(7)10-5(12(18)19)1-2-16-11(10)17/h1-4H,(H,16,17)(H,18,19). The molecule has 1 aromatic carbocycles. The molecule has 2 aromatic rings. The van der Waals surface area contributed by atoms with Crippen LogP contribution in [0.15, 0.2) is 29.2 Å². The average molecular weight is 319 g/mol. The van der Waals surface area contributed by atoms with Crippen LogP contribution in [0, 0.1) is 0 Å². The molecule has 0 aliphatic carbocycles. The van der Waals surface area contributed by atoms with Gasteiger partial charge in [-0.2, -0.15) is 0 Å². The second-order valence-corrected chi connectivity index (χ2v) is 4.87. The van der Waals surface area contributed by atoms with Gasteiger partial charge in [0.1, 0.15) is 0 Å². The number of hydrogen-bond acceptors (Lipinski definition) is 2. The Morgan fingerprint density at radius 2 is 1.74 bits per heavy atom. The molecule has 0 radical (unpaired) electrons. The minimum absolute atomic E-state index is 0.0569. The van der Waals surface area contributed by atoms with E-state index in [0.29, 0.717) is 0 Å². The zero-order valence-electron chi connectivity index (χ0n) is 9.21. The molecule has 0 aliphatic rings. The summed E-state index contributed by atoms with van der Waals surface area (Å²) in [5.74, 6) is -1.23. The second-order valence-electron chi connectivity index (χ2n) is 3.65. The summed E-state index contributed by atoms with van der Waals surface area (Å²) >= 11 is 17.7. The first kappa shape index (κ1) is 13.9. The van der Waals surface area contributed by atoms with Crippen molar-refractivity contribution in [3.05, 3.63) is 55.4 Å². The molecule has 98 valence electrons. The molecular formula is C12H6Cl3NO3. The molecule has 1 aromatic heterocycles. The summed E-state index contributed by atoms with van der Waals surface area (Å²) in [7, 11) is 0. The maximum atomic E-state index is 11.8. The Kier molecular flexibility index (Phi) is 3.85. The van der Waals surface area contributed by atoms with Crippen molar-refractivity contribution in [3.8, 4) is 11.1 Å². The number of pyridine rings is 1. The van der Waals surface area contributed by atoms with E-state index in [-0.39, 0.29) is 31.8 Å². The number of carboxylic acid groups (broad SMARTS) is 1. The van der Waals surface area contributed by atoms with E-state index < -0.39 is 11.5 Å². The number of hydrogen-bond donors (Lipinski definition) is 2. The van der Waals surface area contributed by atoms with Crippen molar-refractivity contribution in [3.63, 3.8) is 0 Å². The van der Waals surface area contributed by atoms with Crippen molar-refractivity contribution in [2.45, 2.75) is 0 Å². The first-order valence-electron chi connectivity index (χ1n) is 5.01. The predicted molar refractivity (Wildman–Crippen MR) is 74.5 cm³/mol. The first-order valence-corrected chi connectivity index (χ1v) is 6.15. The minimum Gasteiger partial charge on any atom is -0.478 e. The van der Waals surface area contributed by atoms with Gasteiger partial charge in [-0.25, -0.2) is 4.79 Å². The van der Waals surface area contributed by atoms with E-state index in [1.807, 2.05) is 0 Å². The number of carbonyl (C=O) groups is 1. The van der Waals surface area contributed by atoms with Crippen LogP contribution in [0.2, 0.25) is 15.1 Å². The number of aromatic nitrogens is 1. The van der Waals surface area contributed by atoms with Gasteiger partial charge in [-0.05, 0) is 18.2 Å². The molecular weight excluding hydrogens is 312 g/mol. The Labute approximate surface area is 122 Å². The van der Waals surface area contributed by atoms with E-state index in [1.165, 1.54) is 24.4 Å². The number of nitrogens with one attached hydrogen (secondary N) is 1. The van der Waals surface area contributed by atoms with Crippen LogP contribution < -0.4 is 5.56 Å². The third-order valence-electron chi connectivity index (χ3n) is 2.47. The summed E-state index contributed by atoms with van der Waals surface area (Å²) in [6, 6.07) is 4.00. The van der Waals surface area contributed by atoms with Crippen LogP contribution in [0.5, 0.6) is 0 Å². The normalized spacial score (nSPS) is 10.5. The molecule has 0 saturated heterocycles. The lowest BCUT2D eigenvalue weighted by molar-refractivity contribution is 0.0697. The molecule has 0 fully saturated rings. The van der Waals surface area contributed by atoms with Crippen LogP contribution in [0.3, 0.4) is 0 Å². The fourth-order valence-corrected chi connectivity index (χ4v) is 2.28. The van der Waals surface area contributed by atoms with E-state index >= 15 is 0 Å². The third kappa shape index (κ3) is 2.61. The van der Waals surface area contributed by atoms with E-state index in [0.717, 1.165) is 0 Å². The highest BCUT2D eigenvalue weighted by Crippen LogP contribution is 2.35. The lowest BCUT2D eigenvalue weighted by Gasteiger charge is -2.08. The van der Waals surface area contributed by atoms with Crippen LogP contribution >= 0.6 is 34.8 Å². The van der Waals surface area contributed by atoms with Gasteiger partial charge in [0.05, 0.1) is 26.2 Å². The van der Waals surface area contributed by atoms with Crippen molar-refractivity contribution in [1.82, 2.24) is 4.98 Å². The highest BCUT2D eigenvalue weighted by molar-refractivity contribution is 6.44. The predicted octanol–water partition coefficient (Wildman–Crippen LogP) is 3.70. The van der Waals surface area contributed by atoms with E-state index in [9.17, 15) is 9.59 Å². The number of halogens is 3. The zero-order valence-corrected chi connectivity index (χ0v) is 11.5. The van der Waals surface area contributed by atoms with Gasteiger partial charge in [-0.15, -0.1) is 0 Å². The number of aromatic carboxylic acids is 1. The summed E-state index contributed by atoms with van der Waals surface area (Å²) in [5.41, 5.74) is -0.571. The SMILES string of the molecule is O=C(O)c1cc[nH]c(=O)c1-c1cc(Cl)c(Cl)cc1Cl. The molecule has 4 nitrogen and oxygen atoms in total. The maximum Gasteiger partial charge on any atom is 0.336 e. The quantitative estimate of drug-likeness (QED) is 0.829. The van der Waals surface area contributed by atoms with E-state index in [2.05, 4.69) is 4.98 Å². The number of aromatic amines is 1. The number of rotatable bonds is 2. The maximum absolute atomic E-state index is 11.8. The van der Waals surface area contributed by atoms with Gasteiger partial charge in [-0.3, -0.25) is 4.79 Å². The molecule has 0 amide bonds. The fourth-order valence-electron chi connectivity index (χ4n) is 1.64. The molecule has 2 rings (SSSR count). The van der Waals surface area contributed by atoms with Crippen LogP contribution in [0.4, 0.5) is 0 Å². The number of benzene rings is 1. The van der Waals surface area contributed by atoms with Gasteiger partial charge in [0, 0.05) is 11.8 Å². The van der Waals surface area contributed by atoms with Crippen LogP contribution in [0.25, 0.3) is 11.1 Å². The fraction of sp³-hybridized carbons (Fsp3) is 0. The summed E-state index contributed by atoms with van der Waals surface area (Å²) in [6.45, 7) is 0. The highest BCUT2D eigenvalue weighted by atomic mass is 35.5. The van der Waals surface area contributed by atoms with Gasteiger partial charge in [0.25, 0.3) is 5.56 Å². The first-order chi connectivity index (χ1) is 8.91. The molecule has 1 heterocycles. The lowest BCUT2D eigenvalue weighted by Crippen LogP contribution is -2.14. The Bertz CT molecular complexity index is 725. The van der Waals surface area contributed by atoms with Gasteiger partial charge < -0.3 is 10.1 Å². The minimum atomic E-state index is -1.23. The van der Waals surface area contributed by atoms with E-state index in [1.54, 1.807) is 0 Å². The average Bonchev–Trinajstić information content (AvgIpc) is 2.34. The molecule has 0 bridgehead atoms. The van der Waals surface area contributed by atoms with Crippen molar-refractivity contribution < 1.29 is 9.90 Å². The molecule has 0 atom stereocenters. The molecule has 0 unspecified atom stereocenters. The van der Waals surface area contributed by atoms with Crippen molar-refractivity contribution in [2.75, 3.05) is 0 Å². The van der Waals surface area contributed by atoms with Crippen molar-refractivity contribution in [1.29, 1.82) is 0 Å². The summed E-state index contributed by atoms with van der Waals surface area (Å²) < 4.78 is 0. The van der Waals surface area contributed by atoms with Gasteiger partial charge in [-0.1, -0.05) is 34.8 Å².